The van der Waals surface area contributed by atoms with Crippen molar-refractivity contribution in [2.24, 2.45) is 17.2 Å². The highest BCUT2D eigenvalue weighted by atomic mass is 16.2. The van der Waals surface area contributed by atoms with Gasteiger partial charge in [-0.1, -0.05) is 0 Å². The van der Waals surface area contributed by atoms with E-state index in [2.05, 4.69) is 5.32 Å². The maximum absolute atomic E-state index is 10.8. The van der Waals surface area contributed by atoms with Gasteiger partial charge in [-0.2, -0.15) is 0 Å². The molecule has 0 aromatic carbocycles. The molecule has 2 amide bonds. The van der Waals surface area contributed by atoms with E-state index in [4.69, 9.17) is 17.2 Å². The van der Waals surface area contributed by atoms with Gasteiger partial charge in [-0.05, 0) is 19.4 Å². The van der Waals surface area contributed by atoms with Crippen LogP contribution in [-0.2, 0) is 9.59 Å². The Labute approximate surface area is 76.8 Å². The minimum atomic E-state index is -0.653. The van der Waals surface area contributed by atoms with E-state index in [1.165, 1.54) is 0 Å². The largest absolute Gasteiger partial charge is 0.368 e. The minimum Gasteiger partial charge on any atom is -0.368 e. The fraction of sp³-hybridized carbons (Fsp3) is 0.714. The number of hydrogen-bond donors (Lipinski definition) is 4. The normalized spacial score (nSPS) is 12.2. The quantitative estimate of drug-likeness (QED) is 0.372. The molecule has 0 aromatic rings. The van der Waals surface area contributed by atoms with E-state index in [9.17, 15) is 9.59 Å². The second-order valence-electron chi connectivity index (χ2n) is 2.66. The molecule has 0 radical (unpaired) electrons. The van der Waals surface area contributed by atoms with Gasteiger partial charge in [-0.15, -0.1) is 0 Å². The van der Waals surface area contributed by atoms with Gasteiger partial charge in [0.25, 0.3) is 0 Å². The van der Waals surface area contributed by atoms with E-state index < -0.39 is 11.9 Å². The number of nitrogens with one attached hydrogen (secondary N) is 1. The van der Waals surface area contributed by atoms with Gasteiger partial charge < -0.3 is 22.5 Å². The highest BCUT2D eigenvalue weighted by Crippen LogP contribution is 1.94. The summed E-state index contributed by atoms with van der Waals surface area (Å²) in [5.74, 6) is -0.948. The number of carbonyl (C=O) groups is 2. The molecule has 0 heterocycles. The molecule has 0 aromatic heterocycles. The number of primary amides is 1. The van der Waals surface area contributed by atoms with Crippen molar-refractivity contribution in [3.63, 3.8) is 0 Å². The molecule has 13 heavy (non-hydrogen) atoms. The molecule has 0 spiro atoms. The summed E-state index contributed by atoms with van der Waals surface area (Å²) in [4.78, 5) is 21.6. The van der Waals surface area contributed by atoms with Gasteiger partial charge >= 0.3 is 0 Å². The Morgan fingerprint density at radius 1 is 1.31 bits per heavy atom. The molecule has 0 rings (SSSR count). The average molecular weight is 188 g/mol. The van der Waals surface area contributed by atoms with Gasteiger partial charge in [0.15, 0.2) is 0 Å². The molecule has 0 aliphatic carbocycles. The second-order valence-corrected chi connectivity index (χ2v) is 2.66. The standard InChI is InChI=1S/C7H16N4O2/c8-3-1-2-5(7(10)13)11-6(12)4-9/h5H,1-4,8-9H2,(H2,10,13)(H,11,12)/t5-/m0/s1. The lowest BCUT2D eigenvalue weighted by atomic mass is 10.1. The minimum absolute atomic E-state index is 0.146. The third-order valence-electron chi connectivity index (χ3n) is 1.56. The summed E-state index contributed by atoms with van der Waals surface area (Å²) in [6, 6.07) is -0.653. The fourth-order valence-corrected chi connectivity index (χ4v) is 0.861. The molecular formula is C7H16N4O2. The Hall–Kier alpha value is -1.14. The van der Waals surface area contributed by atoms with E-state index in [0.29, 0.717) is 19.4 Å². The zero-order valence-electron chi connectivity index (χ0n) is 7.45. The van der Waals surface area contributed by atoms with Crippen LogP contribution in [0.25, 0.3) is 0 Å². The van der Waals surface area contributed by atoms with Crippen LogP contribution in [0.1, 0.15) is 12.8 Å². The summed E-state index contributed by atoms with van der Waals surface area (Å²) < 4.78 is 0. The zero-order chi connectivity index (χ0) is 10.3. The molecule has 0 unspecified atom stereocenters. The number of rotatable bonds is 6. The number of hydrogen-bond acceptors (Lipinski definition) is 4. The predicted octanol–water partition coefficient (Wildman–Crippen LogP) is -2.35. The monoisotopic (exact) mass is 188 g/mol. The molecule has 0 saturated heterocycles. The summed E-state index contributed by atoms with van der Waals surface area (Å²) in [5, 5.41) is 2.41. The van der Waals surface area contributed by atoms with E-state index in [1.807, 2.05) is 0 Å². The molecule has 1 atom stereocenters. The maximum Gasteiger partial charge on any atom is 0.240 e. The van der Waals surface area contributed by atoms with Gasteiger partial charge in [0.05, 0.1) is 6.54 Å². The van der Waals surface area contributed by atoms with Crippen LogP contribution >= 0.6 is 0 Å². The Morgan fingerprint density at radius 3 is 2.31 bits per heavy atom. The Balaban J connectivity index is 3.94. The Morgan fingerprint density at radius 2 is 1.92 bits per heavy atom. The first kappa shape index (κ1) is 11.9. The van der Waals surface area contributed by atoms with Gasteiger partial charge in [-0.3, -0.25) is 9.59 Å². The van der Waals surface area contributed by atoms with Crippen LogP contribution in [0.15, 0.2) is 0 Å². The molecule has 0 saturated carbocycles. The van der Waals surface area contributed by atoms with Crippen LogP contribution < -0.4 is 22.5 Å². The summed E-state index contributed by atoms with van der Waals surface area (Å²) in [5.41, 5.74) is 15.4. The SMILES string of the molecule is NCCC[C@H](NC(=O)CN)C(N)=O. The summed E-state index contributed by atoms with van der Waals surface area (Å²) >= 11 is 0. The van der Waals surface area contributed by atoms with Crippen molar-refractivity contribution in [3.8, 4) is 0 Å². The highest BCUT2D eigenvalue weighted by molar-refractivity contribution is 5.87. The molecule has 6 nitrogen and oxygen atoms in total. The predicted molar refractivity (Wildman–Crippen MR) is 48.5 cm³/mol. The van der Waals surface area contributed by atoms with Gasteiger partial charge in [0.1, 0.15) is 6.04 Å². The molecular weight excluding hydrogens is 172 g/mol. The van der Waals surface area contributed by atoms with Crippen molar-refractivity contribution >= 4 is 11.8 Å². The zero-order valence-corrected chi connectivity index (χ0v) is 7.45. The third kappa shape index (κ3) is 5.15. The maximum atomic E-state index is 10.8. The van der Waals surface area contributed by atoms with Crippen molar-refractivity contribution in [2.45, 2.75) is 18.9 Å². The van der Waals surface area contributed by atoms with Crippen LogP contribution in [-0.4, -0.2) is 30.9 Å². The third-order valence-corrected chi connectivity index (χ3v) is 1.56. The summed E-state index contributed by atoms with van der Waals surface area (Å²) in [6.07, 6.45) is 1.09. The number of amides is 2. The van der Waals surface area contributed by atoms with E-state index in [0.717, 1.165) is 0 Å². The smallest absolute Gasteiger partial charge is 0.240 e. The highest BCUT2D eigenvalue weighted by Gasteiger charge is 2.15. The summed E-state index contributed by atoms with van der Waals surface area (Å²) in [7, 11) is 0. The second kappa shape index (κ2) is 6.38. The molecule has 0 aliphatic rings. The lowest BCUT2D eigenvalue weighted by Crippen LogP contribution is -2.46. The lowest BCUT2D eigenvalue weighted by Gasteiger charge is -2.13. The number of carbonyl (C=O) groups excluding carboxylic acids is 2. The van der Waals surface area contributed by atoms with Crippen molar-refractivity contribution in [2.75, 3.05) is 13.1 Å². The lowest BCUT2D eigenvalue weighted by molar-refractivity contribution is -0.126. The van der Waals surface area contributed by atoms with Crippen molar-refractivity contribution in [1.29, 1.82) is 0 Å². The van der Waals surface area contributed by atoms with E-state index >= 15 is 0 Å². The molecule has 7 N–H and O–H groups in total. The van der Waals surface area contributed by atoms with Crippen LogP contribution in [0.2, 0.25) is 0 Å². The summed E-state index contributed by atoms with van der Waals surface area (Å²) in [6.45, 7) is 0.314. The number of nitrogens with two attached hydrogens (primary N) is 3. The average Bonchev–Trinajstić information content (AvgIpc) is 2.11. The van der Waals surface area contributed by atoms with Gasteiger partial charge in [0.2, 0.25) is 11.8 Å². The first-order valence-corrected chi connectivity index (χ1v) is 4.10. The van der Waals surface area contributed by atoms with Crippen LogP contribution in [0.4, 0.5) is 0 Å². The van der Waals surface area contributed by atoms with E-state index in [1.54, 1.807) is 0 Å². The van der Waals surface area contributed by atoms with Gasteiger partial charge in [0, 0.05) is 0 Å². The first-order valence-electron chi connectivity index (χ1n) is 4.10. The van der Waals surface area contributed by atoms with Crippen LogP contribution in [0.3, 0.4) is 0 Å². The van der Waals surface area contributed by atoms with Crippen LogP contribution in [0, 0.1) is 0 Å². The Kier molecular flexibility index (Phi) is 5.82. The van der Waals surface area contributed by atoms with Crippen molar-refractivity contribution in [3.05, 3.63) is 0 Å². The van der Waals surface area contributed by atoms with Crippen molar-refractivity contribution in [1.82, 2.24) is 5.32 Å². The Bertz CT molecular complexity index is 183. The first-order chi connectivity index (χ1) is 6.11. The van der Waals surface area contributed by atoms with Gasteiger partial charge in [-0.25, -0.2) is 0 Å². The molecule has 0 aliphatic heterocycles. The topological polar surface area (TPSA) is 124 Å². The fourth-order valence-electron chi connectivity index (χ4n) is 0.861. The molecule has 0 fully saturated rings. The molecule has 6 heteroatoms. The molecule has 76 valence electrons. The van der Waals surface area contributed by atoms with Crippen LogP contribution in [0.5, 0.6) is 0 Å². The molecule has 0 bridgehead atoms. The van der Waals surface area contributed by atoms with Crippen molar-refractivity contribution < 1.29 is 9.59 Å². The van der Waals surface area contributed by atoms with E-state index in [-0.39, 0.29) is 12.5 Å².